The van der Waals surface area contributed by atoms with E-state index in [1.165, 1.54) is 0 Å². The fourth-order valence-corrected chi connectivity index (χ4v) is 4.65. The number of amides is 2. The third-order valence-electron chi connectivity index (χ3n) is 6.33. The Morgan fingerprint density at radius 2 is 1.54 bits per heavy atom. The van der Waals surface area contributed by atoms with Gasteiger partial charge in [0.2, 0.25) is 5.91 Å². The normalized spacial score (nSPS) is 13.6. The molecule has 2 aromatic carbocycles. The predicted molar refractivity (Wildman–Crippen MR) is 135 cm³/mol. The number of alkyl carbamates (subject to hydrolysis) is 1. The lowest BCUT2D eigenvalue weighted by molar-refractivity contribution is -0.139. The zero-order chi connectivity index (χ0) is 25.6. The van der Waals surface area contributed by atoms with Gasteiger partial charge in [0, 0.05) is 19.0 Å². The van der Waals surface area contributed by atoms with Gasteiger partial charge < -0.3 is 20.5 Å². The Hall–Kier alpha value is -3.35. The van der Waals surface area contributed by atoms with E-state index < -0.39 is 23.4 Å². The van der Waals surface area contributed by atoms with E-state index in [2.05, 4.69) is 34.9 Å². The summed E-state index contributed by atoms with van der Waals surface area (Å²) in [6.07, 6.45) is -0.00533. The van der Waals surface area contributed by atoms with Crippen LogP contribution in [0.25, 0.3) is 11.1 Å². The van der Waals surface area contributed by atoms with Gasteiger partial charge in [0.05, 0.1) is 12.3 Å². The predicted octanol–water partition coefficient (Wildman–Crippen LogP) is 4.80. The van der Waals surface area contributed by atoms with E-state index in [4.69, 9.17) is 9.84 Å². The highest BCUT2D eigenvalue weighted by Crippen LogP contribution is 2.44. The monoisotopic (exact) mass is 480 g/mol. The second kappa shape index (κ2) is 11.4. The summed E-state index contributed by atoms with van der Waals surface area (Å²) < 4.78 is 5.59. The molecule has 1 aliphatic rings. The van der Waals surface area contributed by atoms with Crippen molar-refractivity contribution in [2.24, 2.45) is 17.3 Å². The fraction of sp³-hybridized carbons (Fsp3) is 0.464. The zero-order valence-corrected chi connectivity index (χ0v) is 21.0. The van der Waals surface area contributed by atoms with Crippen LogP contribution in [0, 0.1) is 17.3 Å². The molecule has 1 aliphatic carbocycles. The Morgan fingerprint density at radius 1 is 0.971 bits per heavy atom. The Labute approximate surface area is 207 Å². The Balaban J connectivity index is 1.56. The number of carbonyl (C=O) groups excluding carboxylic acids is 2. The van der Waals surface area contributed by atoms with E-state index >= 15 is 0 Å². The number of aliphatic carboxylic acids is 1. The molecule has 0 aliphatic heterocycles. The molecule has 0 fully saturated rings. The lowest BCUT2D eigenvalue weighted by Gasteiger charge is -2.25. The lowest BCUT2D eigenvalue weighted by Crippen LogP contribution is -2.43. The summed E-state index contributed by atoms with van der Waals surface area (Å²) in [5.41, 5.74) is 4.04. The summed E-state index contributed by atoms with van der Waals surface area (Å²) in [7, 11) is 0. The molecule has 7 nitrogen and oxygen atoms in total. The molecule has 0 saturated heterocycles. The third kappa shape index (κ3) is 7.07. The quantitative estimate of drug-likeness (QED) is 0.428. The summed E-state index contributed by atoms with van der Waals surface area (Å²) in [4.78, 5) is 36.4. The van der Waals surface area contributed by atoms with Crippen LogP contribution >= 0.6 is 0 Å². The molecule has 1 unspecified atom stereocenters. The SMILES string of the molecule is CC(C)CC(CNC(=O)OCC1c2ccccc2-c2ccccc21)C(=O)NCC(C)(C)CC(=O)O. The Bertz CT molecular complexity index is 1020. The van der Waals surface area contributed by atoms with E-state index in [0.29, 0.717) is 6.42 Å². The minimum atomic E-state index is -0.903. The van der Waals surface area contributed by atoms with Gasteiger partial charge in [0.1, 0.15) is 6.61 Å². The van der Waals surface area contributed by atoms with Crippen molar-refractivity contribution in [2.75, 3.05) is 19.7 Å². The number of carboxylic acids is 1. The van der Waals surface area contributed by atoms with Crippen LogP contribution in [0.4, 0.5) is 4.79 Å². The highest BCUT2D eigenvalue weighted by molar-refractivity contribution is 5.80. The number of rotatable bonds is 11. The molecule has 35 heavy (non-hydrogen) atoms. The van der Waals surface area contributed by atoms with Gasteiger partial charge in [-0.1, -0.05) is 76.2 Å². The number of carboxylic acid groups (broad SMARTS) is 1. The summed E-state index contributed by atoms with van der Waals surface area (Å²) in [6, 6.07) is 16.3. The average Bonchev–Trinajstić information content (AvgIpc) is 3.11. The first kappa shape index (κ1) is 26.3. The first-order valence-electron chi connectivity index (χ1n) is 12.2. The van der Waals surface area contributed by atoms with Crippen LogP contribution in [-0.2, 0) is 14.3 Å². The van der Waals surface area contributed by atoms with Gasteiger partial charge in [-0.05, 0) is 40.0 Å². The molecular formula is C28H36N2O5. The zero-order valence-electron chi connectivity index (χ0n) is 21.0. The smallest absolute Gasteiger partial charge is 0.407 e. The van der Waals surface area contributed by atoms with Gasteiger partial charge in [0.15, 0.2) is 0 Å². The number of nitrogens with one attached hydrogen (secondary N) is 2. The number of fused-ring (bicyclic) bond motifs is 3. The molecule has 0 radical (unpaired) electrons. The van der Waals surface area contributed by atoms with Gasteiger partial charge in [-0.25, -0.2) is 4.79 Å². The van der Waals surface area contributed by atoms with Gasteiger partial charge in [0.25, 0.3) is 0 Å². The maximum atomic E-state index is 12.8. The van der Waals surface area contributed by atoms with Crippen molar-refractivity contribution in [2.45, 2.75) is 46.5 Å². The molecule has 188 valence electrons. The van der Waals surface area contributed by atoms with Gasteiger partial charge in [-0.3, -0.25) is 9.59 Å². The summed E-state index contributed by atoms with van der Waals surface area (Å²) in [6.45, 7) is 8.24. The molecule has 0 spiro atoms. The minimum absolute atomic E-state index is 0.0284. The molecule has 0 saturated carbocycles. The topological polar surface area (TPSA) is 105 Å². The van der Waals surface area contributed by atoms with E-state index in [1.807, 2.05) is 38.1 Å². The van der Waals surface area contributed by atoms with Crippen molar-refractivity contribution in [3.8, 4) is 11.1 Å². The molecule has 3 rings (SSSR count). The molecule has 0 bridgehead atoms. The van der Waals surface area contributed by atoms with E-state index in [9.17, 15) is 14.4 Å². The van der Waals surface area contributed by atoms with E-state index in [0.717, 1.165) is 22.3 Å². The van der Waals surface area contributed by atoms with E-state index in [-0.39, 0.29) is 43.9 Å². The molecular weight excluding hydrogens is 444 g/mol. The number of hydrogen-bond acceptors (Lipinski definition) is 4. The standard InChI is InChI=1S/C28H36N2O5/c1-18(2)13-19(26(33)30-17-28(3,4)14-25(31)32)15-29-27(34)35-16-24-22-11-7-5-9-20(22)21-10-6-8-12-23(21)24/h5-12,18-19,24H,13-17H2,1-4H3,(H,29,34)(H,30,33)(H,31,32). The minimum Gasteiger partial charge on any atom is -0.481 e. The van der Waals surface area contributed by atoms with E-state index in [1.54, 1.807) is 13.8 Å². The first-order valence-corrected chi connectivity index (χ1v) is 12.2. The summed E-state index contributed by atoms with van der Waals surface area (Å²) in [5, 5.41) is 14.7. The van der Waals surface area contributed by atoms with Crippen LogP contribution in [0.5, 0.6) is 0 Å². The lowest BCUT2D eigenvalue weighted by atomic mass is 9.88. The number of carbonyl (C=O) groups is 3. The third-order valence-corrected chi connectivity index (χ3v) is 6.33. The maximum absolute atomic E-state index is 12.8. The summed E-state index contributed by atoms with van der Waals surface area (Å²) >= 11 is 0. The van der Waals surface area contributed by atoms with Crippen molar-refractivity contribution in [3.05, 3.63) is 59.7 Å². The average molecular weight is 481 g/mol. The summed E-state index contributed by atoms with van der Waals surface area (Å²) in [5.74, 6) is -1.31. The molecule has 2 amide bonds. The van der Waals surface area contributed by atoms with Crippen LogP contribution in [0.1, 0.15) is 57.6 Å². The van der Waals surface area contributed by atoms with Crippen molar-refractivity contribution in [1.82, 2.24) is 10.6 Å². The maximum Gasteiger partial charge on any atom is 0.407 e. The first-order chi connectivity index (χ1) is 16.6. The Kier molecular flexibility index (Phi) is 8.54. The van der Waals surface area contributed by atoms with Crippen molar-refractivity contribution < 1.29 is 24.2 Å². The largest absolute Gasteiger partial charge is 0.481 e. The van der Waals surface area contributed by atoms with Gasteiger partial charge >= 0.3 is 12.1 Å². The van der Waals surface area contributed by atoms with Crippen LogP contribution in [0.15, 0.2) is 48.5 Å². The van der Waals surface area contributed by atoms with Gasteiger partial charge in [-0.2, -0.15) is 0 Å². The molecule has 7 heteroatoms. The van der Waals surface area contributed by atoms with Crippen LogP contribution in [0.3, 0.4) is 0 Å². The molecule has 3 N–H and O–H groups in total. The molecule has 2 aromatic rings. The van der Waals surface area contributed by atoms with Gasteiger partial charge in [-0.15, -0.1) is 0 Å². The second-order valence-corrected chi connectivity index (χ2v) is 10.5. The van der Waals surface area contributed by atoms with Crippen LogP contribution in [0.2, 0.25) is 0 Å². The van der Waals surface area contributed by atoms with Crippen LogP contribution < -0.4 is 10.6 Å². The number of hydrogen-bond donors (Lipinski definition) is 3. The van der Waals surface area contributed by atoms with Crippen molar-refractivity contribution >= 4 is 18.0 Å². The molecule has 0 aromatic heterocycles. The van der Waals surface area contributed by atoms with Crippen molar-refractivity contribution in [3.63, 3.8) is 0 Å². The number of ether oxygens (including phenoxy) is 1. The highest BCUT2D eigenvalue weighted by atomic mass is 16.5. The molecule has 0 heterocycles. The molecule has 1 atom stereocenters. The van der Waals surface area contributed by atoms with Crippen LogP contribution in [-0.4, -0.2) is 42.8 Å². The number of benzene rings is 2. The highest BCUT2D eigenvalue weighted by Gasteiger charge is 2.30. The fourth-order valence-electron chi connectivity index (χ4n) is 4.65. The van der Waals surface area contributed by atoms with Crippen molar-refractivity contribution in [1.29, 1.82) is 0 Å². The second-order valence-electron chi connectivity index (χ2n) is 10.5. The Morgan fingerprint density at radius 3 is 2.09 bits per heavy atom.